The molecule has 0 spiro atoms. The van der Waals surface area contributed by atoms with Crippen molar-refractivity contribution in [3.05, 3.63) is 53.1 Å². The Balaban J connectivity index is 2.38. The van der Waals surface area contributed by atoms with E-state index in [1.165, 1.54) is 25.3 Å². The quantitative estimate of drug-likeness (QED) is 0.872. The molecule has 22 heavy (non-hydrogen) atoms. The lowest BCUT2D eigenvalue weighted by Crippen LogP contribution is -2.14. The molecule has 0 heterocycles. The molecule has 0 atom stereocenters. The van der Waals surface area contributed by atoms with E-state index in [0.29, 0.717) is 11.4 Å². The van der Waals surface area contributed by atoms with Gasteiger partial charge in [-0.05, 0) is 30.3 Å². The highest BCUT2D eigenvalue weighted by atomic mass is 35.5. The first kappa shape index (κ1) is 16.1. The Labute approximate surface area is 132 Å². The Morgan fingerprint density at radius 1 is 1.23 bits per heavy atom. The van der Waals surface area contributed by atoms with Crippen LogP contribution in [-0.4, -0.2) is 26.6 Å². The number of ether oxygens (including phenoxy) is 1. The Kier molecular flexibility index (Phi) is 4.58. The number of halogens is 1. The largest absolute Gasteiger partial charge is 0.497 e. The molecule has 2 aromatic carbocycles. The van der Waals surface area contributed by atoms with Crippen LogP contribution in [0.15, 0.2) is 47.4 Å². The number of methoxy groups -OCH3 is 1. The molecular formula is C14H12ClNO5S. The molecular weight excluding hydrogens is 330 g/mol. The summed E-state index contributed by atoms with van der Waals surface area (Å²) in [5, 5.41) is 8.96. The van der Waals surface area contributed by atoms with Crippen molar-refractivity contribution in [2.24, 2.45) is 0 Å². The number of carbonyl (C=O) groups is 1. The lowest BCUT2D eigenvalue weighted by Gasteiger charge is -2.10. The van der Waals surface area contributed by atoms with Crippen molar-refractivity contribution in [3.8, 4) is 5.75 Å². The van der Waals surface area contributed by atoms with Gasteiger partial charge in [0.25, 0.3) is 10.0 Å². The van der Waals surface area contributed by atoms with Crippen LogP contribution < -0.4 is 9.46 Å². The van der Waals surface area contributed by atoms with Gasteiger partial charge in [0.15, 0.2) is 0 Å². The first-order chi connectivity index (χ1) is 10.3. The van der Waals surface area contributed by atoms with Crippen LogP contribution in [0.25, 0.3) is 0 Å². The van der Waals surface area contributed by atoms with Gasteiger partial charge in [-0.3, -0.25) is 4.72 Å². The van der Waals surface area contributed by atoms with E-state index in [2.05, 4.69) is 4.72 Å². The van der Waals surface area contributed by atoms with E-state index in [-0.39, 0.29) is 15.5 Å². The molecule has 2 N–H and O–H groups in total. The van der Waals surface area contributed by atoms with E-state index in [0.717, 1.165) is 6.07 Å². The molecule has 2 aromatic rings. The van der Waals surface area contributed by atoms with Gasteiger partial charge in [-0.15, -0.1) is 0 Å². The number of rotatable bonds is 5. The van der Waals surface area contributed by atoms with Crippen molar-refractivity contribution in [2.45, 2.75) is 4.90 Å². The zero-order valence-electron chi connectivity index (χ0n) is 11.4. The van der Waals surface area contributed by atoms with E-state index in [1.807, 2.05) is 0 Å². The average molecular weight is 342 g/mol. The fraction of sp³-hybridized carbons (Fsp3) is 0.0714. The molecule has 0 fully saturated rings. The summed E-state index contributed by atoms with van der Waals surface area (Å²) in [6.07, 6.45) is 0. The van der Waals surface area contributed by atoms with Gasteiger partial charge in [0.2, 0.25) is 0 Å². The van der Waals surface area contributed by atoms with Crippen LogP contribution in [0, 0.1) is 0 Å². The predicted octanol–water partition coefficient (Wildman–Crippen LogP) is 2.85. The molecule has 0 saturated heterocycles. The van der Waals surface area contributed by atoms with Crippen molar-refractivity contribution in [2.75, 3.05) is 11.8 Å². The minimum absolute atomic E-state index is 0.0344. The Morgan fingerprint density at radius 3 is 2.59 bits per heavy atom. The smallest absolute Gasteiger partial charge is 0.337 e. The van der Waals surface area contributed by atoms with Gasteiger partial charge < -0.3 is 9.84 Å². The number of carboxylic acids is 1. The van der Waals surface area contributed by atoms with E-state index in [9.17, 15) is 13.2 Å². The number of carboxylic acid groups (broad SMARTS) is 1. The van der Waals surface area contributed by atoms with Gasteiger partial charge in [-0.1, -0.05) is 17.7 Å². The van der Waals surface area contributed by atoms with Crippen molar-refractivity contribution >= 4 is 33.3 Å². The average Bonchev–Trinajstić information content (AvgIpc) is 2.46. The van der Waals surface area contributed by atoms with Crippen LogP contribution in [-0.2, 0) is 10.0 Å². The normalized spacial score (nSPS) is 11.0. The van der Waals surface area contributed by atoms with Crippen molar-refractivity contribution in [3.63, 3.8) is 0 Å². The maximum absolute atomic E-state index is 12.3. The molecule has 0 amide bonds. The van der Waals surface area contributed by atoms with Crippen molar-refractivity contribution < 1.29 is 23.1 Å². The van der Waals surface area contributed by atoms with Crippen molar-refractivity contribution in [1.29, 1.82) is 0 Å². The Morgan fingerprint density at radius 2 is 1.95 bits per heavy atom. The van der Waals surface area contributed by atoms with Gasteiger partial charge in [-0.25, -0.2) is 13.2 Å². The maximum atomic E-state index is 12.3. The van der Waals surface area contributed by atoms with Gasteiger partial charge in [0.05, 0.1) is 28.3 Å². The van der Waals surface area contributed by atoms with Crippen LogP contribution >= 0.6 is 11.6 Å². The number of hydrogen-bond acceptors (Lipinski definition) is 4. The molecule has 0 radical (unpaired) electrons. The monoisotopic (exact) mass is 341 g/mol. The molecule has 0 aliphatic carbocycles. The predicted molar refractivity (Wildman–Crippen MR) is 82.2 cm³/mol. The fourth-order valence-corrected chi connectivity index (χ4v) is 3.01. The summed E-state index contributed by atoms with van der Waals surface area (Å²) in [7, 11) is -2.47. The third-order valence-corrected chi connectivity index (χ3v) is 4.51. The molecule has 0 unspecified atom stereocenters. The summed E-state index contributed by atoms with van der Waals surface area (Å²) >= 11 is 5.73. The molecule has 6 nitrogen and oxygen atoms in total. The van der Waals surface area contributed by atoms with Gasteiger partial charge in [0, 0.05) is 6.07 Å². The molecule has 0 aliphatic rings. The highest BCUT2D eigenvalue weighted by Gasteiger charge is 2.18. The summed E-state index contributed by atoms with van der Waals surface area (Å²) in [5.74, 6) is -0.814. The summed E-state index contributed by atoms with van der Waals surface area (Å²) < 4.78 is 32.0. The second kappa shape index (κ2) is 6.25. The van der Waals surface area contributed by atoms with Crippen LogP contribution in [0.4, 0.5) is 5.69 Å². The van der Waals surface area contributed by atoms with E-state index in [4.69, 9.17) is 21.4 Å². The lowest BCUT2D eigenvalue weighted by molar-refractivity contribution is 0.0697. The highest BCUT2D eigenvalue weighted by molar-refractivity contribution is 7.92. The van der Waals surface area contributed by atoms with E-state index >= 15 is 0 Å². The van der Waals surface area contributed by atoms with Crippen LogP contribution in [0.3, 0.4) is 0 Å². The molecule has 0 aromatic heterocycles. The Bertz CT molecular complexity index is 820. The minimum Gasteiger partial charge on any atom is -0.497 e. The number of aromatic carboxylic acids is 1. The Hall–Kier alpha value is -2.25. The SMILES string of the molecule is COc1cccc(NS(=O)(=O)c2ccc(Cl)c(C(=O)O)c2)c1. The topological polar surface area (TPSA) is 92.7 Å². The zero-order valence-corrected chi connectivity index (χ0v) is 13.0. The van der Waals surface area contributed by atoms with E-state index in [1.54, 1.807) is 18.2 Å². The summed E-state index contributed by atoms with van der Waals surface area (Å²) in [6, 6.07) is 9.82. The standard InChI is InChI=1S/C14H12ClNO5S/c1-21-10-4-2-3-9(7-10)16-22(19,20)11-5-6-13(15)12(8-11)14(17)18/h2-8,16H,1H3,(H,17,18). The zero-order chi connectivity index (χ0) is 16.3. The second-order valence-corrected chi connectivity index (χ2v) is 6.37. The minimum atomic E-state index is -3.94. The molecule has 2 rings (SSSR count). The number of sulfonamides is 1. The third kappa shape index (κ3) is 3.49. The number of anilines is 1. The third-order valence-electron chi connectivity index (χ3n) is 2.80. The van der Waals surface area contributed by atoms with Crippen LogP contribution in [0.1, 0.15) is 10.4 Å². The second-order valence-electron chi connectivity index (χ2n) is 4.28. The summed E-state index contributed by atoms with van der Waals surface area (Å²) in [5.41, 5.74) is 0.0151. The first-order valence-corrected chi connectivity index (χ1v) is 7.89. The van der Waals surface area contributed by atoms with Gasteiger partial charge in [0.1, 0.15) is 5.75 Å². The number of hydrogen-bond donors (Lipinski definition) is 2. The van der Waals surface area contributed by atoms with E-state index < -0.39 is 16.0 Å². The fourth-order valence-electron chi connectivity index (χ4n) is 1.74. The van der Waals surface area contributed by atoms with Crippen LogP contribution in [0.2, 0.25) is 5.02 Å². The van der Waals surface area contributed by atoms with Gasteiger partial charge in [-0.2, -0.15) is 0 Å². The van der Waals surface area contributed by atoms with Crippen LogP contribution in [0.5, 0.6) is 5.75 Å². The first-order valence-electron chi connectivity index (χ1n) is 6.03. The molecule has 0 saturated carbocycles. The lowest BCUT2D eigenvalue weighted by atomic mass is 10.2. The maximum Gasteiger partial charge on any atom is 0.337 e. The number of benzene rings is 2. The summed E-state index contributed by atoms with van der Waals surface area (Å²) in [4.78, 5) is 10.8. The molecule has 8 heteroatoms. The molecule has 0 bridgehead atoms. The number of nitrogens with one attached hydrogen (secondary N) is 1. The summed E-state index contributed by atoms with van der Waals surface area (Å²) in [6.45, 7) is 0. The van der Waals surface area contributed by atoms with Gasteiger partial charge >= 0.3 is 5.97 Å². The highest BCUT2D eigenvalue weighted by Crippen LogP contribution is 2.24. The molecule has 0 aliphatic heterocycles. The van der Waals surface area contributed by atoms with Crippen molar-refractivity contribution in [1.82, 2.24) is 0 Å². The molecule has 116 valence electrons.